The molecule has 188 valence electrons. The molecule has 4 N–H and O–H groups in total. The maximum Gasteiger partial charge on any atom is 0.405 e. The van der Waals surface area contributed by atoms with E-state index in [1.54, 1.807) is 25.4 Å². The summed E-state index contributed by atoms with van der Waals surface area (Å²) < 4.78 is 63.5. The second-order valence-corrected chi connectivity index (χ2v) is 12.1. The molecule has 1 unspecified atom stereocenters. The summed E-state index contributed by atoms with van der Waals surface area (Å²) in [5, 5.41) is 26.7. The number of aromatic nitrogens is 4. The van der Waals surface area contributed by atoms with E-state index < -0.39 is 45.1 Å². The maximum atomic E-state index is 12.8. The molecule has 2 aliphatic carbocycles. The SMILES string of the molecule is Cc1nc(NCC(F)(F)F)nc(N[C@@]2(O)CC[C@@H]3C(S(C)(=O)=O)[C@@]32O)c1-c1nc2cnccc2s1. The number of pyridine rings is 1. The third-order valence-corrected chi connectivity index (χ3v) is 9.13. The normalized spacial score (nSPS) is 28.2. The third-order valence-electron chi connectivity index (χ3n) is 6.46. The number of sulfone groups is 1. The Morgan fingerprint density at radius 1 is 1.26 bits per heavy atom. The van der Waals surface area contributed by atoms with Crippen LogP contribution in [0.5, 0.6) is 0 Å². The molecule has 35 heavy (non-hydrogen) atoms. The van der Waals surface area contributed by atoms with Crippen molar-refractivity contribution >= 4 is 43.2 Å². The zero-order valence-electron chi connectivity index (χ0n) is 18.5. The molecule has 0 amide bonds. The quantitative estimate of drug-likeness (QED) is 0.349. The summed E-state index contributed by atoms with van der Waals surface area (Å²) in [6, 6.07) is 1.75. The second-order valence-electron chi connectivity index (χ2n) is 8.89. The Hall–Kier alpha value is -2.62. The number of anilines is 2. The van der Waals surface area contributed by atoms with Crippen molar-refractivity contribution in [2.45, 2.75) is 42.5 Å². The van der Waals surface area contributed by atoms with Crippen LogP contribution in [0.3, 0.4) is 0 Å². The van der Waals surface area contributed by atoms with Gasteiger partial charge in [-0.1, -0.05) is 0 Å². The first-order chi connectivity index (χ1) is 16.2. The van der Waals surface area contributed by atoms with Gasteiger partial charge in [-0.15, -0.1) is 11.3 Å². The zero-order chi connectivity index (χ0) is 25.4. The first kappa shape index (κ1) is 24.1. The lowest BCUT2D eigenvalue weighted by Crippen LogP contribution is -2.52. The van der Waals surface area contributed by atoms with Gasteiger partial charge in [0.05, 0.1) is 22.2 Å². The van der Waals surface area contributed by atoms with Crippen molar-refractivity contribution in [1.29, 1.82) is 0 Å². The highest BCUT2D eigenvalue weighted by atomic mass is 32.2. The Morgan fingerprint density at radius 2 is 2.00 bits per heavy atom. The minimum atomic E-state index is -4.52. The van der Waals surface area contributed by atoms with E-state index in [1.165, 1.54) is 11.3 Å². The third kappa shape index (κ3) is 3.99. The number of thiazole rings is 1. The van der Waals surface area contributed by atoms with Crippen LogP contribution in [0.15, 0.2) is 18.5 Å². The standard InChI is InChI=1S/C20H21F3N6O4S2/c1-9-13(16-27-11-7-24-6-4-12(11)34-16)15(28-17(26-9)25-8-19(21,22)23)29-18(30)5-3-10-14(20(10,18)31)35(2,32)33/h4,6-7,10,14,30-31H,3,5,8H2,1-2H3,(H2,25,26,28,29)/t10-,14?,18-,20+/m1/s1. The summed E-state index contributed by atoms with van der Waals surface area (Å²) in [4.78, 5) is 16.8. The van der Waals surface area contributed by atoms with Crippen LogP contribution in [0, 0.1) is 12.8 Å². The summed E-state index contributed by atoms with van der Waals surface area (Å²) in [5.41, 5.74) is -2.90. The van der Waals surface area contributed by atoms with Gasteiger partial charge in [-0.2, -0.15) is 18.2 Å². The number of fused-ring (bicyclic) bond motifs is 2. The molecule has 0 bridgehead atoms. The largest absolute Gasteiger partial charge is 0.405 e. The molecule has 0 aromatic carbocycles. The number of hydrogen-bond donors (Lipinski definition) is 4. The van der Waals surface area contributed by atoms with E-state index >= 15 is 0 Å². The molecule has 15 heteroatoms. The Balaban J connectivity index is 1.59. The number of alkyl halides is 3. The Labute approximate surface area is 201 Å². The Bertz CT molecular complexity index is 1400. The van der Waals surface area contributed by atoms with Crippen LogP contribution in [0.25, 0.3) is 20.8 Å². The fraction of sp³-hybridized carbons (Fsp3) is 0.500. The maximum absolute atomic E-state index is 12.8. The van der Waals surface area contributed by atoms with Gasteiger partial charge in [0.2, 0.25) is 5.95 Å². The number of nitrogens with one attached hydrogen (secondary N) is 2. The molecule has 0 aliphatic heterocycles. The summed E-state index contributed by atoms with van der Waals surface area (Å²) in [5.74, 6) is -1.10. The monoisotopic (exact) mass is 530 g/mol. The summed E-state index contributed by atoms with van der Waals surface area (Å²) in [6.07, 6.45) is -0.140. The van der Waals surface area contributed by atoms with Gasteiger partial charge in [0, 0.05) is 18.4 Å². The van der Waals surface area contributed by atoms with Crippen LogP contribution in [0.1, 0.15) is 18.5 Å². The first-order valence-electron chi connectivity index (χ1n) is 10.5. The predicted octanol–water partition coefficient (Wildman–Crippen LogP) is 2.10. The summed E-state index contributed by atoms with van der Waals surface area (Å²) in [6.45, 7) is 0.169. The van der Waals surface area contributed by atoms with Gasteiger partial charge in [0.1, 0.15) is 33.7 Å². The van der Waals surface area contributed by atoms with E-state index in [4.69, 9.17) is 0 Å². The minimum absolute atomic E-state index is 0.0117. The van der Waals surface area contributed by atoms with Crippen molar-refractivity contribution in [2.75, 3.05) is 23.4 Å². The van der Waals surface area contributed by atoms with Gasteiger partial charge in [-0.3, -0.25) is 4.98 Å². The lowest BCUT2D eigenvalue weighted by atomic mass is 10.0. The molecule has 0 saturated heterocycles. The molecule has 3 heterocycles. The van der Waals surface area contributed by atoms with E-state index in [1.807, 2.05) is 0 Å². The fourth-order valence-corrected chi connectivity index (χ4v) is 7.85. The van der Waals surface area contributed by atoms with Crippen molar-refractivity contribution in [3.63, 3.8) is 0 Å². The van der Waals surface area contributed by atoms with Crippen LogP contribution < -0.4 is 10.6 Å². The van der Waals surface area contributed by atoms with E-state index in [2.05, 4.69) is 30.6 Å². The number of rotatable bonds is 6. The lowest BCUT2D eigenvalue weighted by molar-refractivity contribution is -0.115. The molecule has 3 aromatic rings. The number of nitrogens with zero attached hydrogens (tertiary/aromatic N) is 4. The van der Waals surface area contributed by atoms with Crippen molar-refractivity contribution in [3.8, 4) is 10.6 Å². The molecule has 2 fully saturated rings. The molecule has 0 spiro atoms. The number of halogens is 3. The van der Waals surface area contributed by atoms with Crippen molar-refractivity contribution in [1.82, 2.24) is 19.9 Å². The zero-order valence-corrected chi connectivity index (χ0v) is 20.1. The number of aliphatic hydroxyl groups is 2. The summed E-state index contributed by atoms with van der Waals surface area (Å²) in [7, 11) is -3.67. The Morgan fingerprint density at radius 3 is 2.63 bits per heavy atom. The van der Waals surface area contributed by atoms with E-state index in [0.29, 0.717) is 16.1 Å². The van der Waals surface area contributed by atoms with Crippen LogP contribution in [0.2, 0.25) is 0 Å². The highest BCUT2D eigenvalue weighted by molar-refractivity contribution is 7.91. The average molecular weight is 531 g/mol. The van der Waals surface area contributed by atoms with E-state index in [9.17, 15) is 31.8 Å². The molecular formula is C20H21F3N6O4S2. The molecule has 5 rings (SSSR count). The van der Waals surface area contributed by atoms with Crippen molar-refractivity contribution < 1.29 is 31.8 Å². The average Bonchev–Trinajstić information content (AvgIpc) is 3.04. The topological polar surface area (TPSA) is 150 Å². The number of hydrogen-bond acceptors (Lipinski definition) is 11. The van der Waals surface area contributed by atoms with Crippen LogP contribution in [0.4, 0.5) is 24.9 Å². The van der Waals surface area contributed by atoms with Gasteiger partial charge < -0.3 is 20.8 Å². The molecular weight excluding hydrogens is 509 g/mol. The first-order valence-corrected chi connectivity index (χ1v) is 13.3. The second kappa shape index (κ2) is 7.69. The van der Waals surface area contributed by atoms with Crippen LogP contribution in [-0.4, -0.2) is 74.1 Å². The van der Waals surface area contributed by atoms with Crippen LogP contribution >= 0.6 is 11.3 Å². The van der Waals surface area contributed by atoms with E-state index in [0.717, 1.165) is 11.0 Å². The van der Waals surface area contributed by atoms with Gasteiger partial charge >= 0.3 is 6.18 Å². The highest BCUT2D eigenvalue weighted by Gasteiger charge is 2.81. The smallest absolute Gasteiger partial charge is 0.383 e. The molecule has 4 atom stereocenters. The molecule has 0 radical (unpaired) electrons. The van der Waals surface area contributed by atoms with Crippen molar-refractivity contribution in [2.24, 2.45) is 5.92 Å². The minimum Gasteiger partial charge on any atom is -0.383 e. The fourth-order valence-electron chi connectivity index (χ4n) is 4.94. The van der Waals surface area contributed by atoms with Gasteiger partial charge in [-0.25, -0.2) is 18.4 Å². The van der Waals surface area contributed by atoms with Gasteiger partial charge in [0.15, 0.2) is 15.6 Å². The molecule has 3 aromatic heterocycles. The van der Waals surface area contributed by atoms with Gasteiger partial charge in [0.25, 0.3) is 0 Å². The predicted molar refractivity (Wildman–Crippen MR) is 123 cm³/mol. The molecule has 2 aliphatic rings. The van der Waals surface area contributed by atoms with Gasteiger partial charge in [-0.05, 0) is 25.8 Å². The molecule has 10 nitrogen and oxygen atoms in total. The van der Waals surface area contributed by atoms with E-state index in [-0.39, 0.29) is 30.3 Å². The summed E-state index contributed by atoms with van der Waals surface area (Å²) >= 11 is 1.26. The number of aryl methyl sites for hydroxylation is 1. The highest BCUT2D eigenvalue weighted by Crippen LogP contribution is 2.63. The van der Waals surface area contributed by atoms with Crippen molar-refractivity contribution in [3.05, 3.63) is 24.2 Å². The Kier molecular flexibility index (Phi) is 5.29. The van der Waals surface area contributed by atoms with Crippen LogP contribution in [-0.2, 0) is 9.84 Å². The molecule has 2 saturated carbocycles. The lowest BCUT2D eigenvalue weighted by Gasteiger charge is -2.33.